The molecule has 0 fully saturated rings. The Balaban J connectivity index is 1.75. The number of aryl methyl sites for hydroxylation is 2. The minimum atomic E-state index is 0.308. The van der Waals surface area contributed by atoms with Crippen LogP contribution in [0.1, 0.15) is 16.7 Å². The van der Waals surface area contributed by atoms with Crippen molar-refractivity contribution in [2.45, 2.75) is 20.4 Å². The number of nitrogens with one attached hydrogen (secondary N) is 1. The van der Waals surface area contributed by atoms with Gasteiger partial charge < -0.3 is 15.8 Å². The molecule has 2 aromatic carbocycles. The van der Waals surface area contributed by atoms with E-state index < -0.39 is 0 Å². The molecule has 128 valence electrons. The minimum absolute atomic E-state index is 0.308. The number of nitrogen functional groups attached to an aromatic ring is 1. The van der Waals surface area contributed by atoms with Crippen LogP contribution in [0.15, 0.2) is 48.8 Å². The topological polar surface area (TPSA) is 73.1 Å². The quantitative estimate of drug-likeness (QED) is 0.692. The van der Waals surface area contributed by atoms with Crippen molar-refractivity contribution in [2.75, 3.05) is 11.1 Å². The van der Waals surface area contributed by atoms with E-state index in [2.05, 4.69) is 46.5 Å². The van der Waals surface area contributed by atoms with E-state index in [0.717, 1.165) is 11.1 Å². The minimum Gasteiger partial charge on any atom is -0.437 e. The molecule has 25 heavy (non-hydrogen) atoms. The molecule has 0 bridgehead atoms. The van der Waals surface area contributed by atoms with E-state index >= 15 is 0 Å². The second-order valence-electron chi connectivity index (χ2n) is 5.79. The maximum absolute atomic E-state index is 6.15. The summed E-state index contributed by atoms with van der Waals surface area (Å²) in [5.41, 5.74) is 9.79. The van der Waals surface area contributed by atoms with Crippen molar-refractivity contribution in [1.29, 1.82) is 0 Å². The van der Waals surface area contributed by atoms with Gasteiger partial charge in [-0.25, -0.2) is 4.98 Å². The van der Waals surface area contributed by atoms with Crippen LogP contribution in [-0.2, 0) is 6.54 Å². The standard InChI is InChI=1S/C19H19ClN4O/c1-12-3-5-14(6-4-12)10-22-18-17(21)19(24-11-23-18)25-15-7-8-16(20)13(2)9-15/h3-9,11H,10,21H2,1-2H3,(H,22,23,24). The fourth-order valence-electron chi connectivity index (χ4n) is 2.29. The van der Waals surface area contributed by atoms with Gasteiger partial charge in [-0.3, -0.25) is 0 Å². The molecule has 0 saturated carbocycles. The number of halogens is 1. The summed E-state index contributed by atoms with van der Waals surface area (Å²) >= 11 is 6.03. The summed E-state index contributed by atoms with van der Waals surface area (Å²) in [4.78, 5) is 8.32. The van der Waals surface area contributed by atoms with Gasteiger partial charge in [0, 0.05) is 11.6 Å². The lowest BCUT2D eigenvalue weighted by Crippen LogP contribution is -2.06. The molecule has 0 aliphatic heterocycles. The second kappa shape index (κ2) is 7.40. The van der Waals surface area contributed by atoms with Crippen molar-refractivity contribution in [3.8, 4) is 11.6 Å². The molecule has 1 heterocycles. The summed E-state index contributed by atoms with van der Waals surface area (Å²) in [6, 6.07) is 13.6. The molecule has 0 unspecified atom stereocenters. The summed E-state index contributed by atoms with van der Waals surface area (Å²) in [6.07, 6.45) is 1.42. The van der Waals surface area contributed by atoms with Crippen LogP contribution in [0, 0.1) is 13.8 Å². The number of nitrogens with zero attached hydrogens (tertiary/aromatic N) is 2. The molecule has 6 heteroatoms. The third-order valence-corrected chi connectivity index (χ3v) is 4.20. The number of nitrogens with two attached hydrogens (primary N) is 1. The molecular formula is C19H19ClN4O. The Labute approximate surface area is 151 Å². The van der Waals surface area contributed by atoms with Crippen LogP contribution in [0.25, 0.3) is 0 Å². The summed E-state index contributed by atoms with van der Waals surface area (Å²) in [5.74, 6) is 1.47. The van der Waals surface area contributed by atoms with Crippen LogP contribution in [0.5, 0.6) is 11.6 Å². The molecule has 3 rings (SSSR count). The lowest BCUT2D eigenvalue weighted by molar-refractivity contribution is 0.464. The maximum Gasteiger partial charge on any atom is 0.248 e. The molecule has 0 atom stereocenters. The van der Waals surface area contributed by atoms with Crippen LogP contribution in [0.2, 0.25) is 5.02 Å². The predicted molar refractivity (Wildman–Crippen MR) is 101 cm³/mol. The first kappa shape index (κ1) is 17.0. The van der Waals surface area contributed by atoms with E-state index in [1.165, 1.54) is 11.9 Å². The zero-order valence-corrected chi connectivity index (χ0v) is 14.8. The second-order valence-corrected chi connectivity index (χ2v) is 6.20. The van der Waals surface area contributed by atoms with E-state index in [9.17, 15) is 0 Å². The number of benzene rings is 2. The first-order valence-corrected chi connectivity index (χ1v) is 8.24. The largest absolute Gasteiger partial charge is 0.437 e. The van der Waals surface area contributed by atoms with Gasteiger partial charge in [0.1, 0.15) is 17.8 Å². The van der Waals surface area contributed by atoms with E-state index in [1.807, 2.05) is 13.0 Å². The lowest BCUT2D eigenvalue weighted by Gasteiger charge is -2.12. The number of hydrogen-bond donors (Lipinski definition) is 2. The summed E-state index contributed by atoms with van der Waals surface area (Å²) in [6.45, 7) is 4.58. The third kappa shape index (κ3) is 4.19. The van der Waals surface area contributed by atoms with Gasteiger partial charge in [-0.1, -0.05) is 41.4 Å². The van der Waals surface area contributed by atoms with Crippen molar-refractivity contribution in [3.63, 3.8) is 0 Å². The Morgan fingerprint density at radius 2 is 1.84 bits per heavy atom. The van der Waals surface area contributed by atoms with Crippen molar-refractivity contribution < 1.29 is 4.74 Å². The summed E-state index contributed by atoms with van der Waals surface area (Å²) in [5, 5.41) is 3.90. The third-order valence-electron chi connectivity index (χ3n) is 3.77. The Kier molecular flexibility index (Phi) is 5.05. The van der Waals surface area contributed by atoms with Crippen molar-refractivity contribution >= 4 is 23.1 Å². The fraction of sp³-hybridized carbons (Fsp3) is 0.158. The van der Waals surface area contributed by atoms with Gasteiger partial charge in [-0.2, -0.15) is 4.98 Å². The molecule has 0 aliphatic rings. The van der Waals surface area contributed by atoms with Gasteiger partial charge in [-0.15, -0.1) is 0 Å². The SMILES string of the molecule is Cc1ccc(CNc2ncnc(Oc3ccc(Cl)c(C)c3)c2N)cc1. The first-order chi connectivity index (χ1) is 12.0. The van der Waals surface area contributed by atoms with Crippen molar-refractivity contribution in [1.82, 2.24) is 9.97 Å². The fourth-order valence-corrected chi connectivity index (χ4v) is 2.40. The van der Waals surface area contributed by atoms with E-state index in [1.54, 1.807) is 12.1 Å². The van der Waals surface area contributed by atoms with Crippen LogP contribution in [-0.4, -0.2) is 9.97 Å². The molecule has 1 aromatic heterocycles. The molecule has 3 N–H and O–H groups in total. The van der Waals surface area contributed by atoms with Crippen LogP contribution >= 0.6 is 11.6 Å². The summed E-state index contributed by atoms with van der Waals surface area (Å²) in [7, 11) is 0. The Hall–Kier alpha value is -2.79. The maximum atomic E-state index is 6.15. The Bertz CT molecular complexity index is 881. The number of ether oxygens (including phenoxy) is 1. The molecular weight excluding hydrogens is 336 g/mol. The van der Waals surface area contributed by atoms with Gasteiger partial charge in [-0.05, 0) is 43.2 Å². The zero-order chi connectivity index (χ0) is 17.8. The first-order valence-electron chi connectivity index (χ1n) is 7.87. The average Bonchev–Trinajstić information content (AvgIpc) is 2.60. The Morgan fingerprint density at radius 1 is 1.08 bits per heavy atom. The summed E-state index contributed by atoms with van der Waals surface area (Å²) < 4.78 is 5.78. The molecule has 0 spiro atoms. The number of rotatable bonds is 5. The van der Waals surface area contributed by atoms with Crippen LogP contribution < -0.4 is 15.8 Å². The Morgan fingerprint density at radius 3 is 2.56 bits per heavy atom. The number of hydrogen-bond acceptors (Lipinski definition) is 5. The zero-order valence-electron chi connectivity index (χ0n) is 14.1. The monoisotopic (exact) mass is 354 g/mol. The van der Waals surface area contributed by atoms with Crippen LogP contribution in [0.4, 0.5) is 11.5 Å². The van der Waals surface area contributed by atoms with Gasteiger partial charge in [0.15, 0.2) is 5.82 Å². The lowest BCUT2D eigenvalue weighted by atomic mass is 10.1. The highest BCUT2D eigenvalue weighted by atomic mass is 35.5. The van der Waals surface area contributed by atoms with Gasteiger partial charge in [0.25, 0.3) is 0 Å². The van der Waals surface area contributed by atoms with Gasteiger partial charge in [0.05, 0.1) is 0 Å². The smallest absolute Gasteiger partial charge is 0.248 e. The highest BCUT2D eigenvalue weighted by molar-refractivity contribution is 6.31. The van der Waals surface area contributed by atoms with E-state index in [0.29, 0.717) is 34.7 Å². The van der Waals surface area contributed by atoms with Crippen LogP contribution in [0.3, 0.4) is 0 Å². The highest BCUT2D eigenvalue weighted by Gasteiger charge is 2.11. The molecule has 0 aliphatic carbocycles. The molecule has 0 saturated heterocycles. The van der Waals surface area contributed by atoms with Gasteiger partial charge in [0.2, 0.25) is 5.88 Å². The molecule has 0 radical (unpaired) electrons. The normalized spacial score (nSPS) is 10.5. The molecule has 0 amide bonds. The highest BCUT2D eigenvalue weighted by Crippen LogP contribution is 2.31. The predicted octanol–water partition coefficient (Wildman–Crippen LogP) is 4.73. The van der Waals surface area contributed by atoms with E-state index in [-0.39, 0.29) is 0 Å². The number of anilines is 2. The molecule has 5 nitrogen and oxygen atoms in total. The number of aromatic nitrogens is 2. The average molecular weight is 355 g/mol. The van der Waals surface area contributed by atoms with Crippen molar-refractivity contribution in [3.05, 3.63) is 70.5 Å². The van der Waals surface area contributed by atoms with E-state index in [4.69, 9.17) is 22.1 Å². The molecule has 3 aromatic rings. The van der Waals surface area contributed by atoms with Gasteiger partial charge >= 0.3 is 0 Å². The van der Waals surface area contributed by atoms with Crippen molar-refractivity contribution in [2.24, 2.45) is 0 Å².